The molecule has 1 aromatic carbocycles. The Balaban J connectivity index is 2.15. The van der Waals surface area contributed by atoms with Gasteiger partial charge < -0.3 is 9.67 Å². The number of fused-ring (bicyclic) bond motifs is 1. The molecule has 2 unspecified atom stereocenters. The molecule has 1 saturated carbocycles. The van der Waals surface area contributed by atoms with Crippen molar-refractivity contribution in [2.75, 3.05) is 0 Å². The van der Waals surface area contributed by atoms with E-state index >= 15 is 0 Å². The SMILES string of the molecule is CC1CCCC1n1cnc2c(C(=O)O)cccc21. The third kappa shape index (κ3) is 1.60. The highest BCUT2D eigenvalue weighted by atomic mass is 16.4. The molecule has 4 heteroatoms. The van der Waals surface area contributed by atoms with Crippen LogP contribution in [0.25, 0.3) is 11.0 Å². The lowest BCUT2D eigenvalue weighted by molar-refractivity contribution is 0.0699. The Morgan fingerprint density at radius 3 is 2.94 bits per heavy atom. The summed E-state index contributed by atoms with van der Waals surface area (Å²) in [5, 5.41) is 9.16. The van der Waals surface area contributed by atoms with Gasteiger partial charge in [0.05, 0.1) is 17.4 Å². The number of para-hydroxylation sites is 1. The first kappa shape index (κ1) is 11.3. The molecule has 1 aromatic heterocycles. The number of benzene rings is 1. The van der Waals surface area contributed by atoms with Gasteiger partial charge >= 0.3 is 5.97 Å². The van der Waals surface area contributed by atoms with E-state index in [9.17, 15) is 4.79 Å². The van der Waals surface area contributed by atoms with Gasteiger partial charge in [-0.3, -0.25) is 0 Å². The molecule has 0 amide bonds. The highest BCUT2D eigenvalue weighted by molar-refractivity contribution is 6.00. The maximum atomic E-state index is 11.2. The molecule has 3 rings (SSSR count). The topological polar surface area (TPSA) is 55.1 Å². The van der Waals surface area contributed by atoms with E-state index in [1.54, 1.807) is 18.5 Å². The molecule has 0 aliphatic heterocycles. The van der Waals surface area contributed by atoms with Crippen LogP contribution in [0.1, 0.15) is 42.6 Å². The van der Waals surface area contributed by atoms with Crippen molar-refractivity contribution in [2.24, 2.45) is 5.92 Å². The average molecular weight is 244 g/mol. The summed E-state index contributed by atoms with van der Waals surface area (Å²) in [5.74, 6) is -0.277. The second kappa shape index (κ2) is 4.12. The van der Waals surface area contributed by atoms with E-state index in [0.29, 0.717) is 17.5 Å². The zero-order valence-corrected chi connectivity index (χ0v) is 10.3. The van der Waals surface area contributed by atoms with Crippen molar-refractivity contribution >= 4 is 17.0 Å². The Kier molecular flexibility index (Phi) is 2.58. The number of hydrogen-bond acceptors (Lipinski definition) is 2. The average Bonchev–Trinajstić information content (AvgIpc) is 2.93. The quantitative estimate of drug-likeness (QED) is 0.883. The van der Waals surface area contributed by atoms with Crippen molar-refractivity contribution in [3.8, 4) is 0 Å². The molecule has 2 aromatic rings. The fraction of sp³-hybridized carbons (Fsp3) is 0.429. The Morgan fingerprint density at radius 2 is 2.28 bits per heavy atom. The predicted molar refractivity (Wildman–Crippen MR) is 68.7 cm³/mol. The van der Waals surface area contributed by atoms with Gasteiger partial charge in [-0.15, -0.1) is 0 Å². The van der Waals surface area contributed by atoms with Crippen LogP contribution in [0.15, 0.2) is 24.5 Å². The highest BCUT2D eigenvalue weighted by Crippen LogP contribution is 2.37. The molecule has 1 aliphatic carbocycles. The van der Waals surface area contributed by atoms with Gasteiger partial charge in [-0.05, 0) is 30.9 Å². The van der Waals surface area contributed by atoms with E-state index in [0.717, 1.165) is 11.9 Å². The van der Waals surface area contributed by atoms with Gasteiger partial charge in [-0.25, -0.2) is 9.78 Å². The molecule has 1 aliphatic rings. The van der Waals surface area contributed by atoms with Crippen LogP contribution in [0.5, 0.6) is 0 Å². The van der Waals surface area contributed by atoms with Crippen molar-refractivity contribution in [3.63, 3.8) is 0 Å². The molecule has 4 nitrogen and oxygen atoms in total. The van der Waals surface area contributed by atoms with Crippen LogP contribution in [0.2, 0.25) is 0 Å². The molecule has 18 heavy (non-hydrogen) atoms. The summed E-state index contributed by atoms with van der Waals surface area (Å²) in [4.78, 5) is 15.5. The fourth-order valence-corrected chi connectivity index (χ4v) is 3.03. The number of nitrogens with zero attached hydrogens (tertiary/aromatic N) is 2. The Morgan fingerprint density at radius 1 is 1.44 bits per heavy atom. The van der Waals surface area contributed by atoms with Crippen molar-refractivity contribution in [1.82, 2.24) is 9.55 Å². The van der Waals surface area contributed by atoms with E-state index in [-0.39, 0.29) is 5.56 Å². The summed E-state index contributed by atoms with van der Waals surface area (Å²) in [6.45, 7) is 2.25. The summed E-state index contributed by atoms with van der Waals surface area (Å²) in [6, 6.07) is 5.82. The minimum Gasteiger partial charge on any atom is -0.478 e. The lowest BCUT2D eigenvalue weighted by atomic mass is 10.1. The summed E-state index contributed by atoms with van der Waals surface area (Å²) in [7, 11) is 0. The standard InChI is InChI=1S/C14H16N2O2/c1-9-4-2-6-11(9)16-8-15-13-10(14(17)18)5-3-7-12(13)16/h3,5,7-9,11H,2,4,6H2,1H3,(H,17,18). The zero-order chi connectivity index (χ0) is 12.7. The maximum absolute atomic E-state index is 11.2. The first-order valence-electron chi connectivity index (χ1n) is 6.37. The first-order valence-corrected chi connectivity index (χ1v) is 6.37. The van der Waals surface area contributed by atoms with E-state index in [1.165, 1.54) is 12.8 Å². The molecule has 0 saturated heterocycles. The molecule has 2 atom stereocenters. The second-order valence-electron chi connectivity index (χ2n) is 5.11. The van der Waals surface area contributed by atoms with E-state index in [2.05, 4.69) is 16.5 Å². The molecule has 94 valence electrons. The van der Waals surface area contributed by atoms with Gasteiger partial charge in [0.15, 0.2) is 0 Å². The van der Waals surface area contributed by atoms with Gasteiger partial charge in [0.1, 0.15) is 5.52 Å². The van der Waals surface area contributed by atoms with Gasteiger partial charge in [-0.1, -0.05) is 19.4 Å². The van der Waals surface area contributed by atoms with Gasteiger partial charge in [-0.2, -0.15) is 0 Å². The third-order valence-corrected chi connectivity index (χ3v) is 4.01. The van der Waals surface area contributed by atoms with Crippen LogP contribution >= 0.6 is 0 Å². The normalized spacial score (nSPS) is 23.6. The number of aromatic nitrogens is 2. The number of imidazole rings is 1. The molecule has 0 bridgehead atoms. The number of carboxylic acid groups (broad SMARTS) is 1. The molecule has 1 N–H and O–H groups in total. The van der Waals surface area contributed by atoms with Crippen LogP contribution in [0, 0.1) is 5.92 Å². The van der Waals surface area contributed by atoms with Gasteiger partial charge in [0.2, 0.25) is 0 Å². The molecule has 0 radical (unpaired) electrons. The molecular formula is C14H16N2O2. The van der Waals surface area contributed by atoms with Crippen molar-refractivity contribution in [1.29, 1.82) is 0 Å². The van der Waals surface area contributed by atoms with Crippen molar-refractivity contribution in [3.05, 3.63) is 30.1 Å². The van der Waals surface area contributed by atoms with Crippen LogP contribution in [0.4, 0.5) is 0 Å². The zero-order valence-electron chi connectivity index (χ0n) is 10.3. The Bertz CT molecular complexity index is 603. The van der Waals surface area contributed by atoms with Crippen molar-refractivity contribution < 1.29 is 9.90 Å². The van der Waals surface area contributed by atoms with Crippen LogP contribution in [0.3, 0.4) is 0 Å². The third-order valence-electron chi connectivity index (χ3n) is 4.01. The van der Waals surface area contributed by atoms with E-state index < -0.39 is 5.97 Å². The van der Waals surface area contributed by atoms with Gasteiger partial charge in [0, 0.05) is 6.04 Å². The minimum absolute atomic E-state index is 0.289. The number of hydrogen-bond donors (Lipinski definition) is 1. The molecule has 1 fully saturated rings. The largest absolute Gasteiger partial charge is 0.478 e. The van der Waals surface area contributed by atoms with Crippen LogP contribution in [-0.2, 0) is 0 Å². The summed E-state index contributed by atoms with van der Waals surface area (Å²) in [6.07, 6.45) is 5.43. The molecule has 0 spiro atoms. The number of carboxylic acids is 1. The highest BCUT2D eigenvalue weighted by Gasteiger charge is 2.26. The number of rotatable bonds is 2. The summed E-state index contributed by atoms with van der Waals surface area (Å²) in [5.41, 5.74) is 1.83. The first-order chi connectivity index (χ1) is 8.68. The summed E-state index contributed by atoms with van der Waals surface area (Å²) < 4.78 is 2.15. The minimum atomic E-state index is -0.912. The molecular weight excluding hydrogens is 228 g/mol. The Hall–Kier alpha value is -1.84. The summed E-state index contributed by atoms with van der Waals surface area (Å²) >= 11 is 0. The Labute approximate surface area is 105 Å². The maximum Gasteiger partial charge on any atom is 0.337 e. The van der Waals surface area contributed by atoms with Crippen LogP contribution < -0.4 is 0 Å². The predicted octanol–water partition coefficient (Wildman–Crippen LogP) is 3.10. The van der Waals surface area contributed by atoms with Crippen LogP contribution in [-0.4, -0.2) is 20.6 Å². The lowest BCUT2D eigenvalue weighted by Crippen LogP contribution is -2.10. The monoisotopic (exact) mass is 244 g/mol. The lowest BCUT2D eigenvalue weighted by Gasteiger charge is -2.18. The second-order valence-corrected chi connectivity index (χ2v) is 5.11. The molecule has 1 heterocycles. The smallest absolute Gasteiger partial charge is 0.337 e. The van der Waals surface area contributed by atoms with Crippen molar-refractivity contribution in [2.45, 2.75) is 32.2 Å². The number of carbonyl (C=O) groups is 1. The fourth-order valence-electron chi connectivity index (χ4n) is 3.03. The van der Waals surface area contributed by atoms with E-state index in [4.69, 9.17) is 5.11 Å². The number of aromatic carboxylic acids is 1. The van der Waals surface area contributed by atoms with Gasteiger partial charge in [0.25, 0.3) is 0 Å². The van der Waals surface area contributed by atoms with E-state index in [1.807, 2.05) is 6.07 Å².